The molecular weight excluding hydrogens is 337 g/mol. The average molecular weight is 349 g/mol. The lowest BCUT2D eigenvalue weighted by Crippen LogP contribution is -2.40. The number of fused-ring (bicyclic) bond motifs is 3. The second-order valence-corrected chi connectivity index (χ2v) is 5.46. The third-order valence-electron chi connectivity index (χ3n) is 3.33. The molecule has 0 aromatic heterocycles. The first kappa shape index (κ1) is 11.7. The van der Waals surface area contributed by atoms with E-state index in [0.29, 0.717) is 11.6 Å². The highest BCUT2D eigenvalue weighted by atomic mass is 127. The van der Waals surface area contributed by atoms with E-state index in [2.05, 4.69) is 63.7 Å². The van der Waals surface area contributed by atoms with E-state index < -0.39 is 0 Å². The first-order valence-corrected chi connectivity index (χ1v) is 7.39. The zero-order chi connectivity index (χ0) is 12.7. The first-order valence-electron chi connectivity index (χ1n) is 5.87. The minimum absolute atomic E-state index is 0.374. The van der Waals surface area contributed by atoms with Crippen LogP contribution in [0.15, 0.2) is 28.8 Å². The minimum Gasteiger partial charge on any atom is -0.319 e. The van der Waals surface area contributed by atoms with Gasteiger partial charge in [0.25, 0.3) is 0 Å². The fourth-order valence-electron chi connectivity index (χ4n) is 2.48. The molecule has 18 heavy (non-hydrogen) atoms. The number of halogens is 1. The summed E-state index contributed by atoms with van der Waals surface area (Å²) in [5.74, 6) is 0.843. The Hall–Kier alpha value is -1.35. The van der Waals surface area contributed by atoms with Crippen LogP contribution in [-0.2, 0) is 0 Å². The van der Waals surface area contributed by atoms with E-state index in [0.717, 1.165) is 22.4 Å². The van der Waals surface area contributed by atoms with Crippen LogP contribution in [0.2, 0.25) is 0 Å². The molecule has 2 aliphatic heterocycles. The van der Waals surface area contributed by atoms with Gasteiger partial charge in [0, 0.05) is 4.43 Å². The molecule has 1 unspecified atom stereocenters. The summed E-state index contributed by atoms with van der Waals surface area (Å²) in [6.45, 7) is 2.86. The summed E-state index contributed by atoms with van der Waals surface area (Å²) in [7, 11) is 0. The summed E-state index contributed by atoms with van der Waals surface area (Å²) in [5, 5.41) is 9.26. The Morgan fingerprint density at radius 2 is 2.39 bits per heavy atom. The number of aryl methyl sites for hydroxylation is 1. The van der Waals surface area contributed by atoms with Gasteiger partial charge in [0.15, 0.2) is 0 Å². The Labute approximate surface area is 120 Å². The number of anilines is 1. The standard InChI is InChI=1S/C14H12IN3/c1-9-2-3-13-10(4-9)5-11(7-16)14-17-8-12(6-15)18(13)14/h2-5,12H,6,8H2,1H3. The van der Waals surface area contributed by atoms with Crippen molar-refractivity contribution in [1.29, 1.82) is 5.26 Å². The lowest BCUT2D eigenvalue weighted by atomic mass is 9.99. The molecule has 0 spiro atoms. The summed E-state index contributed by atoms with van der Waals surface area (Å²) < 4.78 is 1.01. The van der Waals surface area contributed by atoms with Gasteiger partial charge in [0.2, 0.25) is 0 Å². The topological polar surface area (TPSA) is 39.4 Å². The molecule has 1 aromatic carbocycles. The smallest absolute Gasteiger partial charge is 0.146 e. The fraction of sp³-hybridized carbons (Fsp3) is 0.286. The molecule has 0 aliphatic carbocycles. The molecule has 0 N–H and O–H groups in total. The third-order valence-corrected chi connectivity index (χ3v) is 4.34. The molecule has 0 saturated heterocycles. The van der Waals surface area contributed by atoms with Gasteiger partial charge >= 0.3 is 0 Å². The molecule has 0 bridgehead atoms. The van der Waals surface area contributed by atoms with Crippen LogP contribution in [0.25, 0.3) is 6.08 Å². The van der Waals surface area contributed by atoms with Crippen LogP contribution in [0.1, 0.15) is 11.1 Å². The number of benzene rings is 1. The maximum atomic E-state index is 9.26. The molecule has 3 rings (SSSR count). The van der Waals surface area contributed by atoms with Crippen LogP contribution < -0.4 is 4.90 Å². The number of hydrogen-bond donors (Lipinski definition) is 0. The van der Waals surface area contributed by atoms with Crippen molar-refractivity contribution in [3.8, 4) is 6.07 Å². The highest BCUT2D eigenvalue weighted by Gasteiger charge is 2.34. The van der Waals surface area contributed by atoms with Gasteiger partial charge in [-0.05, 0) is 30.7 Å². The van der Waals surface area contributed by atoms with Gasteiger partial charge in [-0.25, -0.2) is 0 Å². The molecule has 0 amide bonds. The van der Waals surface area contributed by atoms with Gasteiger partial charge in [-0.15, -0.1) is 0 Å². The Kier molecular flexibility index (Phi) is 2.86. The second-order valence-electron chi connectivity index (χ2n) is 4.57. The van der Waals surface area contributed by atoms with Crippen LogP contribution in [-0.4, -0.2) is 22.8 Å². The van der Waals surface area contributed by atoms with Crippen molar-refractivity contribution in [2.24, 2.45) is 4.99 Å². The monoisotopic (exact) mass is 349 g/mol. The molecule has 0 radical (unpaired) electrons. The molecule has 3 nitrogen and oxygen atoms in total. The normalized spacial score (nSPS) is 20.7. The summed E-state index contributed by atoms with van der Waals surface area (Å²) >= 11 is 2.39. The van der Waals surface area contributed by atoms with E-state index in [9.17, 15) is 5.26 Å². The number of aliphatic imine (C=N–C) groups is 1. The molecule has 90 valence electrons. The maximum absolute atomic E-state index is 9.26. The molecule has 0 saturated carbocycles. The number of nitrogens with zero attached hydrogens (tertiary/aromatic N) is 3. The summed E-state index contributed by atoms with van der Waals surface area (Å²) in [4.78, 5) is 6.75. The van der Waals surface area contributed by atoms with Gasteiger partial charge < -0.3 is 4.90 Å². The van der Waals surface area contributed by atoms with Gasteiger partial charge in [-0.1, -0.05) is 34.2 Å². The van der Waals surface area contributed by atoms with Crippen molar-refractivity contribution >= 4 is 40.2 Å². The second kappa shape index (κ2) is 4.39. The Balaban J connectivity index is 2.20. The van der Waals surface area contributed by atoms with E-state index >= 15 is 0 Å². The summed E-state index contributed by atoms with van der Waals surface area (Å²) in [6.07, 6.45) is 1.95. The predicted molar refractivity (Wildman–Crippen MR) is 82.2 cm³/mol. The highest BCUT2D eigenvalue weighted by Crippen LogP contribution is 2.35. The quantitative estimate of drug-likeness (QED) is 0.578. The summed E-state index contributed by atoms with van der Waals surface area (Å²) in [6, 6.07) is 9.02. The number of amidine groups is 1. The van der Waals surface area contributed by atoms with Gasteiger partial charge in [0.1, 0.15) is 11.9 Å². The van der Waals surface area contributed by atoms with Crippen LogP contribution in [0.3, 0.4) is 0 Å². The lowest BCUT2D eigenvalue weighted by molar-refractivity contribution is 0.805. The van der Waals surface area contributed by atoms with E-state index in [1.807, 2.05) is 6.08 Å². The molecule has 4 heteroatoms. The van der Waals surface area contributed by atoms with Crippen molar-refractivity contribution in [1.82, 2.24) is 0 Å². The largest absolute Gasteiger partial charge is 0.319 e. The SMILES string of the molecule is Cc1ccc2c(c1)C=C(C#N)C1=NCC(CI)N12. The average Bonchev–Trinajstić information content (AvgIpc) is 2.81. The minimum atomic E-state index is 0.374. The van der Waals surface area contributed by atoms with E-state index in [1.165, 1.54) is 11.3 Å². The Bertz CT molecular complexity index is 610. The molecule has 0 fully saturated rings. The van der Waals surface area contributed by atoms with E-state index in [1.54, 1.807) is 0 Å². The molecule has 2 aliphatic rings. The van der Waals surface area contributed by atoms with Gasteiger partial charge in [-0.2, -0.15) is 5.26 Å². The van der Waals surface area contributed by atoms with E-state index in [4.69, 9.17) is 0 Å². The fourth-order valence-corrected chi connectivity index (χ4v) is 3.15. The van der Waals surface area contributed by atoms with Gasteiger partial charge in [-0.3, -0.25) is 4.99 Å². The molecule has 1 aromatic rings. The Morgan fingerprint density at radius 3 is 3.11 bits per heavy atom. The molecule has 1 atom stereocenters. The first-order chi connectivity index (χ1) is 8.74. The summed E-state index contributed by atoms with van der Waals surface area (Å²) in [5.41, 5.74) is 4.20. The van der Waals surface area contributed by atoms with Crippen molar-refractivity contribution in [2.75, 3.05) is 15.9 Å². The molecular formula is C14H12IN3. The number of nitriles is 1. The number of rotatable bonds is 1. The van der Waals surface area contributed by atoms with E-state index in [-0.39, 0.29) is 0 Å². The van der Waals surface area contributed by atoms with Crippen LogP contribution in [0.4, 0.5) is 5.69 Å². The van der Waals surface area contributed by atoms with Crippen molar-refractivity contribution in [3.63, 3.8) is 0 Å². The third kappa shape index (κ3) is 1.65. The zero-order valence-electron chi connectivity index (χ0n) is 10.0. The number of alkyl halides is 1. The van der Waals surface area contributed by atoms with Crippen LogP contribution in [0.5, 0.6) is 0 Å². The van der Waals surface area contributed by atoms with Crippen molar-refractivity contribution in [2.45, 2.75) is 13.0 Å². The maximum Gasteiger partial charge on any atom is 0.146 e. The van der Waals surface area contributed by atoms with Crippen molar-refractivity contribution < 1.29 is 0 Å². The van der Waals surface area contributed by atoms with Crippen molar-refractivity contribution in [3.05, 3.63) is 34.9 Å². The van der Waals surface area contributed by atoms with Crippen LogP contribution >= 0.6 is 22.6 Å². The molecule has 2 heterocycles. The predicted octanol–water partition coefficient (Wildman–Crippen LogP) is 2.94. The lowest BCUT2D eigenvalue weighted by Gasteiger charge is -2.31. The van der Waals surface area contributed by atoms with Gasteiger partial charge in [0.05, 0.1) is 23.8 Å². The number of hydrogen-bond acceptors (Lipinski definition) is 3. The highest BCUT2D eigenvalue weighted by molar-refractivity contribution is 14.1. The van der Waals surface area contributed by atoms with Crippen LogP contribution in [0, 0.1) is 18.3 Å². The Morgan fingerprint density at radius 1 is 1.56 bits per heavy atom. The zero-order valence-corrected chi connectivity index (χ0v) is 12.2.